The van der Waals surface area contributed by atoms with Crippen LogP contribution in [0.25, 0.3) is 0 Å². The average Bonchev–Trinajstić information content (AvgIpc) is 3.44. The molecule has 2 aromatic carbocycles. The number of nitrogens with one attached hydrogen (secondary N) is 1. The lowest BCUT2D eigenvalue weighted by Crippen LogP contribution is -2.30. The van der Waals surface area contributed by atoms with Gasteiger partial charge in [-0.05, 0) is 55.5 Å². The first kappa shape index (κ1) is 20.0. The van der Waals surface area contributed by atoms with Crippen LogP contribution in [0.3, 0.4) is 0 Å². The Hall–Kier alpha value is -3.29. The van der Waals surface area contributed by atoms with E-state index in [1.807, 2.05) is 18.2 Å². The van der Waals surface area contributed by atoms with Gasteiger partial charge in [0.05, 0.1) is 25.2 Å². The van der Waals surface area contributed by atoms with Gasteiger partial charge in [-0.3, -0.25) is 14.9 Å². The maximum atomic E-state index is 13.3. The lowest BCUT2D eigenvalue weighted by atomic mass is 10.0. The minimum absolute atomic E-state index is 0.0605. The fourth-order valence-electron chi connectivity index (χ4n) is 3.97. The van der Waals surface area contributed by atoms with Crippen molar-refractivity contribution in [2.24, 2.45) is 0 Å². The molecule has 1 saturated carbocycles. The van der Waals surface area contributed by atoms with Gasteiger partial charge >= 0.3 is 0 Å². The highest BCUT2D eigenvalue weighted by molar-refractivity contribution is 5.96. The number of anilines is 1. The van der Waals surface area contributed by atoms with E-state index in [0.29, 0.717) is 35.3 Å². The zero-order chi connectivity index (χ0) is 21.3. The monoisotopic (exact) mass is 411 g/mol. The molecule has 1 aliphatic carbocycles. The molecule has 1 aliphatic heterocycles. The van der Waals surface area contributed by atoms with E-state index in [1.165, 1.54) is 6.07 Å². The fourth-order valence-corrected chi connectivity index (χ4v) is 3.97. The molecule has 4 rings (SSSR count). The number of benzene rings is 2. The van der Waals surface area contributed by atoms with Crippen LogP contribution < -0.4 is 14.8 Å². The number of carbonyl (C=O) groups excluding carboxylic acids is 1. The van der Waals surface area contributed by atoms with Crippen molar-refractivity contribution in [3.05, 3.63) is 57.6 Å². The molecule has 0 aromatic heterocycles. The zero-order valence-corrected chi connectivity index (χ0v) is 17.1. The second-order valence-electron chi connectivity index (χ2n) is 7.68. The van der Waals surface area contributed by atoms with Crippen LogP contribution in [-0.2, 0) is 0 Å². The van der Waals surface area contributed by atoms with E-state index in [-0.39, 0.29) is 17.6 Å². The summed E-state index contributed by atoms with van der Waals surface area (Å²) in [5.41, 5.74) is 1.70. The Morgan fingerprint density at radius 3 is 2.53 bits per heavy atom. The second-order valence-corrected chi connectivity index (χ2v) is 7.68. The summed E-state index contributed by atoms with van der Waals surface area (Å²) in [6.45, 7) is 0.605. The van der Waals surface area contributed by atoms with Crippen molar-refractivity contribution in [3.8, 4) is 11.5 Å². The summed E-state index contributed by atoms with van der Waals surface area (Å²) in [7, 11) is 3.16. The molecule has 0 bridgehead atoms. The van der Waals surface area contributed by atoms with Crippen LogP contribution in [0.1, 0.15) is 47.6 Å². The Morgan fingerprint density at radius 2 is 1.87 bits per heavy atom. The normalized spacial score (nSPS) is 18.2. The van der Waals surface area contributed by atoms with Crippen molar-refractivity contribution >= 4 is 17.3 Å². The number of carbonyl (C=O) groups is 1. The lowest BCUT2D eigenvalue weighted by molar-refractivity contribution is -0.384. The van der Waals surface area contributed by atoms with Gasteiger partial charge in [-0.25, -0.2) is 0 Å². The molecule has 8 nitrogen and oxygen atoms in total. The van der Waals surface area contributed by atoms with E-state index in [2.05, 4.69) is 5.32 Å². The Balaban J connectivity index is 1.60. The molecule has 2 aliphatic rings. The van der Waals surface area contributed by atoms with Crippen LogP contribution in [0.15, 0.2) is 36.4 Å². The van der Waals surface area contributed by atoms with Gasteiger partial charge in [0.2, 0.25) is 0 Å². The van der Waals surface area contributed by atoms with Crippen LogP contribution >= 0.6 is 0 Å². The number of nitrogens with zero attached hydrogens (tertiary/aromatic N) is 2. The van der Waals surface area contributed by atoms with E-state index in [4.69, 9.17) is 9.47 Å². The third kappa shape index (κ3) is 3.90. The summed E-state index contributed by atoms with van der Waals surface area (Å²) >= 11 is 0. The highest BCUT2D eigenvalue weighted by atomic mass is 16.6. The smallest absolute Gasteiger partial charge is 0.293 e. The largest absolute Gasteiger partial charge is 0.493 e. The van der Waals surface area contributed by atoms with Gasteiger partial charge in [0.25, 0.3) is 11.6 Å². The highest BCUT2D eigenvalue weighted by Crippen LogP contribution is 2.38. The van der Waals surface area contributed by atoms with Gasteiger partial charge in [0.15, 0.2) is 11.5 Å². The van der Waals surface area contributed by atoms with Crippen molar-refractivity contribution in [3.63, 3.8) is 0 Å². The van der Waals surface area contributed by atoms with E-state index in [1.54, 1.807) is 31.3 Å². The lowest BCUT2D eigenvalue weighted by Gasteiger charge is -2.26. The van der Waals surface area contributed by atoms with Gasteiger partial charge in [-0.1, -0.05) is 6.07 Å². The predicted molar refractivity (Wildman–Crippen MR) is 112 cm³/mol. The first-order chi connectivity index (χ1) is 14.5. The van der Waals surface area contributed by atoms with Gasteiger partial charge in [0.1, 0.15) is 5.69 Å². The summed E-state index contributed by atoms with van der Waals surface area (Å²) in [5, 5.41) is 14.7. The number of methoxy groups -OCH3 is 2. The third-order valence-corrected chi connectivity index (χ3v) is 5.68. The highest BCUT2D eigenvalue weighted by Gasteiger charge is 2.32. The molecule has 0 spiro atoms. The van der Waals surface area contributed by atoms with Gasteiger partial charge in [-0.2, -0.15) is 0 Å². The minimum atomic E-state index is -0.433. The first-order valence-electron chi connectivity index (χ1n) is 10.1. The standard InChI is InChI=1S/C22H25N3O5/c1-29-20-10-6-14(13-21(20)30-2)18-4-3-11-24(18)22(26)15-5-9-17(23-16-7-8-16)19(12-15)25(27)28/h5-6,9-10,12-13,16,18,23H,3-4,7-8,11H2,1-2H3. The Kier molecular flexibility index (Phi) is 5.48. The maximum Gasteiger partial charge on any atom is 0.293 e. The summed E-state index contributed by atoms with van der Waals surface area (Å²) in [5.74, 6) is 1.04. The molecule has 30 heavy (non-hydrogen) atoms. The zero-order valence-electron chi connectivity index (χ0n) is 17.1. The summed E-state index contributed by atoms with van der Waals surface area (Å²) < 4.78 is 10.7. The molecule has 1 amide bonds. The van der Waals surface area contributed by atoms with Crippen molar-refractivity contribution in [1.82, 2.24) is 4.90 Å². The molecular weight excluding hydrogens is 386 g/mol. The van der Waals surface area contributed by atoms with Gasteiger partial charge in [0, 0.05) is 24.2 Å². The van der Waals surface area contributed by atoms with E-state index in [0.717, 1.165) is 31.2 Å². The van der Waals surface area contributed by atoms with Crippen molar-refractivity contribution in [2.45, 2.75) is 37.8 Å². The van der Waals surface area contributed by atoms with Gasteiger partial charge < -0.3 is 19.7 Å². The molecule has 1 heterocycles. The molecule has 1 saturated heterocycles. The summed E-state index contributed by atoms with van der Waals surface area (Å²) in [6, 6.07) is 10.5. The Labute approximate surface area is 174 Å². The summed E-state index contributed by atoms with van der Waals surface area (Å²) in [4.78, 5) is 26.2. The molecule has 8 heteroatoms. The van der Waals surface area contributed by atoms with Crippen LogP contribution in [0.5, 0.6) is 11.5 Å². The molecule has 1 unspecified atom stereocenters. The minimum Gasteiger partial charge on any atom is -0.493 e. The number of likely N-dealkylation sites (tertiary alicyclic amines) is 1. The Bertz CT molecular complexity index is 973. The van der Waals surface area contributed by atoms with Crippen LogP contribution in [0, 0.1) is 10.1 Å². The number of nitro benzene ring substituents is 1. The topological polar surface area (TPSA) is 93.9 Å². The number of hydrogen-bond donors (Lipinski definition) is 1. The number of hydrogen-bond acceptors (Lipinski definition) is 6. The summed E-state index contributed by atoms with van der Waals surface area (Å²) in [6.07, 6.45) is 3.72. The predicted octanol–water partition coefficient (Wildman–Crippen LogP) is 4.16. The maximum absolute atomic E-state index is 13.3. The third-order valence-electron chi connectivity index (χ3n) is 5.68. The van der Waals surface area contributed by atoms with Crippen molar-refractivity contribution in [2.75, 3.05) is 26.1 Å². The van der Waals surface area contributed by atoms with E-state index < -0.39 is 4.92 Å². The first-order valence-corrected chi connectivity index (χ1v) is 10.1. The molecule has 0 radical (unpaired) electrons. The molecule has 2 fully saturated rings. The fraction of sp³-hybridized carbons (Fsp3) is 0.409. The van der Waals surface area contributed by atoms with Crippen LogP contribution in [0.2, 0.25) is 0 Å². The molecular formula is C22H25N3O5. The molecule has 2 aromatic rings. The number of amides is 1. The van der Waals surface area contributed by atoms with Gasteiger partial charge in [-0.15, -0.1) is 0 Å². The number of nitro groups is 1. The van der Waals surface area contributed by atoms with Crippen molar-refractivity contribution in [1.29, 1.82) is 0 Å². The molecule has 1 N–H and O–H groups in total. The second kappa shape index (κ2) is 8.22. The molecule has 1 atom stereocenters. The molecule has 158 valence electrons. The average molecular weight is 411 g/mol. The number of rotatable bonds is 7. The van der Waals surface area contributed by atoms with Crippen LogP contribution in [-0.4, -0.2) is 42.5 Å². The quantitative estimate of drug-likeness (QED) is 0.543. The Morgan fingerprint density at radius 1 is 1.10 bits per heavy atom. The SMILES string of the molecule is COc1ccc(C2CCCN2C(=O)c2ccc(NC3CC3)c([N+](=O)[O-])c2)cc1OC. The van der Waals surface area contributed by atoms with E-state index >= 15 is 0 Å². The van der Waals surface area contributed by atoms with Crippen molar-refractivity contribution < 1.29 is 19.2 Å². The number of ether oxygens (including phenoxy) is 2. The van der Waals surface area contributed by atoms with E-state index in [9.17, 15) is 14.9 Å². The van der Waals surface area contributed by atoms with Crippen LogP contribution in [0.4, 0.5) is 11.4 Å².